The van der Waals surface area contributed by atoms with Gasteiger partial charge in [0.15, 0.2) is 9.84 Å². The molecule has 1 aliphatic carbocycles. The molecular weight excluding hydrogens is 274 g/mol. The lowest BCUT2D eigenvalue weighted by Gasteiger charge is -2.33. The molecule has 1 saturated heterocycles. The smallest absolute Gasteiger partial charge is 0.157 e. The maximum Gasteiger partial charge on any atom is 0.157 e. The molecule has 20 heavy (non-hydrogen) atoms. The van der Waals surface area contributed by atoms with Crippen LogP contribution in [-0.2, 0) is 16.3 Å². The molecule has 1 N–H and O–H groups in total. The molecule has 1 aromatic rings. The van der Waals surface area contributed by atoms with Gasteiger partial charge >= 0.3 is 0 Å². The predicted octanol–water partition coefficient (Wildman–Crippen LogP) is 1.85. The highest BCUT2D eigenvalue weighted by molar-refractivity contribution is 7.92. The van der Waals surface area contributed by atoms with Gasteiger partial charge in [0.2, 0.25) is 0 Å². The van der Waals surface area contributed by atoms with Gasteiger partial charge in [-0.1, -0.05) is 6.07 Å². The minimum absolute atomic E-state index is 0.0937. The van der Waals surface area contributed by atoms with Crippen molar-refractivity contribution in [1.29, 1.82) is 0 Å². The number of aryl methyl sites for hydroxylation is 1. The van der Waals surface area contributed by atoms with Crippen LogP contribution >= 0.6 is 0 Å². The standard InChI is InChI=1S/C15H21NO3S/c1-10-7-8-16-15-13-9-12(19-2)5-3-11(13)4-6-14(15)20(10,17)18/h3,5,9-10,14-16H,4,6-8H2,1-2H3. The molecule has 0 saturated carbocycles. The van der Waals surface area contributed by atoms with Gasteiger partial charge in [-0.15, -0.1) is 0 Å². The Morgan fingerprint density at radius 1 is 1.30 bits per heavy atom. The number of sulfone groups is 1. The maximum atomic E-state index is 12.7. The van der Waals surface area contributed by atoms with Crippen LogP contribution in [-0.4, -0.2) is 32.6 Å². The molecule has 0 radical (unpaired) electrons. The summed E-state index contributed by atoms with van der Waals surface area (Å²) in [7, 11) is -1.42. The van der Waals surface area contributed by atoms with Crippen LogP contribution in [0, 0.1) is 0 Å². The molecule has 0 spiro atoms. The zero-order chi connectivity index (χ0) is 14.3. The van der Waals surface area contributed by atoms with Gasteiger partial charge in [-0.3, -0.25) is 0 Å². The minimum Gasteiger partial charge on any atom is -0.497 e. The number of ether oxygens (including phenoxy) is 1. The van der Waals surface area contributed by atoms with E-state index in [1.54, 1.807) is 7.11 Å². The first-order chi connectivity index (χ1) is 9.54. The van der Waals surface area contributed by atoms with E-state index in [-0.39, 0.29) is 16.5 Å². The van der Waals surface area contributed by atoms with Gasteiger partial charge in [0.1, 0.15) is 5.75 Å². The summed E-state index contributed by atoms with van der Waals surface area (Å²) in [6.45, 7) is 2.58. The Morgan fingerprint density at radius 3 is 2.85 bits per heavy atom. The lowest BCUT2D eigenvalue weighted by atomic mass is 9.87. The molecule has 3 atom stereocenters. The van der Waals surface area contributed by atoms with Crippen LogP contribution < -0.4 is 10.1 Å². The first-order valence-corrected chi connectivity index (χ1v) is 8.78. The van der Waals surface area contributed by atoms with E-state index in [0.717, 1.165) is 24.3 Å². The minimum atomic E-state index is -3.06. The van der Waals surface area contributed by atoms with Gasteiger partial charge in [-0.05, 0) is 56.0 Å². The molecule has 5 heteroatoms. The first kappa shape index (κ1) is 13.9. The lowest BCUT2D eigenvalue weighted by molar-refractivity contribution is 0.409. The second kappa shape index (κ2) is 5.04. The van der Waals surface area contributed by atoms with E-state index in [2.05, 4.69) is 11.4 Å². The van der Waals surface area contributed by atoms with E-state index in [9.17, 15) is 8.42 Å². The predicted molar refractivity (Wildman–Crippen MR) is 78.8 cm³/mol. The van der Waals surface area contributed by atoms with E-state index in [0.29, 0.717) is 12.8 Å². The average molecular weight is 295 g/mol. The van der Waals surface area contributed by atoms with Crippen molar-refractivity contribution >= 4 is 9.84 Å². The average Bonchev–Trinajstić information content (AvgIpc) is 2.56. The highest BCUT2D eigenvalue weighted by atomic mass is 32.2. The topological polar surface area (TPSA) is 55.4 Å². The van der Waals surface area contributed by atoms with Gasteiger partial charge in [0.05, 0.1) is 17.6 Å². The molecule has 3 rings (SSSR count). The normalized spacial score (nSPS) is 31.8. The fourth-order valence-corrected chi connectivity index (χ4v) is 5.49. The Balaban J connectivity index is 2.07. The SMILES string of the molecule is COc1ccc2c(c1)C1NCCC(C)S(=O)(=O)C1CC2. The molecule has 1 aliphatic heterocycles. The Hall–Kier alpha value is -1.07. The van der Waals surface area contributed by atoms with Crippen LogP contribution in [0.1, 0.15) is 36.9 Å². The van der Waals surface area contributed by atoms with E-state index >= 15 is 0 Å². The zero-order valence-electron chi connectivity index (χ0n) is 11.9. The Kier molecular flexibility index (Phi) is 3.50. The van der Waals surface area contributed by atoms with Crippen molar-refractivity contribution in [3.05, 3.63) is 29.3 Å². The van der Waals surface area contributed by atoms with Crippen LogP contribution in [0.4, 0.5) is 0 Å². The third-order valence-corrected chi connectivity index (χ3v) is 7.37. The number of fused-ring (bicyclic) bond motifs is 3. The summed E-state index contributed by atoms with van der Waals surface area (Å²) in [5.74, 6) is 0.792. The highest BCUT2D eigenvalue weighted by Crippen LogP contribution is 2.38. The molecule has 4 nitrogen and oxygen atoms in total. The van der Waals surface area contributed by atoms with Crippen molar-refractivity contribution in [3.8, 4) is 5.75 Å². The van der Waals surface area contributed by atoms with E-state index in [1.807, 2.05) is 19.1 Å². The van der Waals surface area contributed by atoms with Gasteiger partial charge < -0.3 is 10.1 Å². The summed E-state index contributed by atoms with van der Waals surface area (Å²) in [5, 5.41) is 2.88. The molecule has 1 aromatic carbocycles. The molecule has 3 unspecified atom stereocenters. The van der Waals surface area contributed by atoms with Gasteiger partial charge in [0, 0.05) is 6.04 Å². The Labute approximate surface area is 120 Å². The number of hydrogen-bond acceptors (Lipinski definition) is 4. The number of hydrogen-bond donors (Lipinski definition) is 1. The fourth-order valence-electron chi connectivity index (χ4n) is 3.38. The molecular formula is C15H21NO3S. The third-order valence-electron chi connectivity index (χ3n) is 4.66. The second-order valence-corrected chi connectivity index (χ2v) is 8.35. The Bertz CT molecular complexity index is 612. The molecule has 0 bridgehead atoms. The van der Waals surface area contributed by atoms with Crippen LogP contribution in [0.2, 0.25) is 0 Å². The van der Waals surface area contributed by atoms with Gasteiger partial charge in [-0.2, -0.15) is 0 Å². The van der Waals surface area contributed by atoms with E-state index in [4.69, 9.17) is 4.74 Å². The second-order valence-electron chi connectivity index (χ2n) is 5.76. The molecule has 110 valence electrons. The molecule has 1 heterocycles. The zero-order valence-corrected chi connectivity index (χ0v) is 12.7. The largest absolute Gasteiger partial charge is 0.497 e. The van der Waals surface area contributed by atoms with Crippen molar-refractivity contribution in [2.75, 3.05) is 13.7 Å². The summed E-state index contributed by atoms with van der Waals surface area (Å²) in [6.07, 6.45) is 2.23. The van der Waals surface area contributed by atoms with Gasteiger partial charge in [0.25, 0.3) is 0 Å². The van der Waals surface area contributed by atoms with Crippen LogP contribution in [0.5, 0.6) is 5.75 Å². The molecule has 2 aliphatic rings. The van der Waals surface area contributed by atoms with Gasteiger partial charge in [-0.25, -0.2) is 8.42 Å². The molecule has 1 fully saturated rings. The monoisotopic (exact) mass is 295 g/mol. The fraction of sp³-hybridized carbons (Fsp3) is 0.600. The third kappa shape index (κ3) is 2.13. The first-order valence-electron chi connectivity index (χ1n) is 7.17. The summed E-state index contributed by atoms with van der Waals surface area (Å²) in [6, 6.07) is 5.91. The van der Waals surface area contributed by atoms with Crippen LogP contribution in [0.25, 0.3) is 0 Å². The van der Waals surface area contributed by atoms with E-state index < -0.39 is 9.84 Å². The van der Waals surface area contributed by atoms with Crippen molar-refractivity contribution in [2.45, 2.75) is 42.7 Å². The summed E-state index contributed by atoms with van der Waals surface area (Å²) < 4.78 is 30.6. The summed E-state index contributed by atoms with van der Waals surface area (Å²) in [5.41, 5.74) is 2.34. The van der Waals surface area contributed by atoms with Crippen molar-refractivity contribution in [2.24, 2.45) is 0 Å². The quantitative estimate of drug-likeness (QED) is 0.859. The number of benzene rings is 1. The summed E-state index contributed by atoms with van der Waals surface area (Å²) in [4.78, 5) is 0. The van der Waals surface area contributed by atoms with Crippen LogP contribution in [0.3, 0.4) is 0 Å². The van der Waals surface area contributed by atoms with Crippen LogP contribution in [0.15, 0.2) is 18.2 Å². The Morgan fingerprint density at radius 2 is 2.10 bits per heavy atom. The number of methoxy groups -OCH3 is 1. The molecule has 0 amide bonds. The lowest BCUT2D eigenvalue weighted by Crippen LogP contribution is -2.40. The molecule has 0 aromatic heterocycles. The van der Waals surface area contributed by atoms with Crippen molar-refractivity contribution < 1.29 is 13.2 Å². The highest BCUT2D eigenvalue weighted by Gasteiger charge is 2.42. The number of nitrogens with one attached hydrogen (secondary N) is 1. The van der Waals surface area contributed by atoms with Crippen molar-refractivity contribution in [1.82, 2.24) is 5.32 Å². The van der Waals surface area contributed by atoms with Crippen molar-refractivity contribution in [3.63, 3.8) is 0 Å². The van der Waals surface area contributed by atoms with E-state index in [1.165, 1.54) is 5.56 Å². The summed E-state index contributed by atoms with van der Waals surface area (Å²) >= 11 is 0. The number of rotatable bonds is 1. The maximum absolute atomic E-state index is 12.7.